The van der Waals surface area contributed by atoms with E-state index in [1.165, 1.54) is 0 Å². The van der Waals surface area contributed by atoms with Gasteiger partial charge < -0.3 is 5.32 Å². The molecular weight excluding hydrogens is 84.9 g/mol. The molecule has 0 aliphatic carbocycles. The summed E-state index contributed by atoms with van der Waals surface area (Å²) in [5.74, 6) is 0.653. The zero-order chi connectivity index (χ0) is 5.86. The maximum absolute atomic E-state index is 3.16. The summed E-state index contributed by atoms with van der Waals surface area (Å²) >= 11 is 0. The maximum Gasteiger partial charge on any atom is 0.153 e. The average molecular weight is 99.0 g/mol. The van der Waals surface area contributed by atoms with Crippen LogP contribution in [0.15, 0.2) is 0 Å². The van der Waals surface area contributed by atoms with Crippen molar-refractivity contribution in [2.75, 3.05) is 7.05 Å². The Balaban J connectivity index is 3.14. The molecule has 7 heavy (non-hydrogen) atoms. The second-order valence-electron chi connectivity index (χ2n) is 2.32. The Morgan fingerprint density at radius 2 is 1.86 bits per heavy atom. The first-order valence-electron chi connectivity index (χ1n) is 2.85. The van der Waals surface area contributed by atoms with Crippen LogP contribution in [0.5, 0.6) is 0 Å². The lowest BCUT2D eigenvalue weighted by molar-refractivity contribution is 0.777. The molecule has 0 radical (unpaired) electrons. The van der Waals surface area contributed by atoms with E-state index in [2.05, 4.69) is 25.9 Å². The van der Waals surface area contributed by atoms with Crippen LogP contribution in [0.3, 0.4) is 0 Å². The van der Waals surface area contributed by atoms with Crippen LogP contribution in [0.2, 0.25) is 13.6 Å². The van der Waals surface area contributed by atoms with Crippen molar-refractivity contribution in [3.8, 4) is 0 Å². The van der Waals surface area contributed by atoms with Crippen LogP contribution >= 0.6 is 0 Å². The lowest BCUT2D eigenvalue weighted by Crippen LogP contribution is -2.33. The van der Waals surface area contributed by atoms with E-state index >= 15 is 0 Å². The van der Waals surface area contributed by atoms with Crippen molar-refractivity contribution >= 4 is 6.71 Å². The van der Waals surface area contributed by atoms with E-state index in [1.807, 2.05) is 7.05 Å². The summed E-state index contributed by atoms with van der Waals surface area (Å²) in [5.41, 5.74) is 0. The average Bonchev–Trinajstić information content (AvgIpc) is 1.65. The third-order valence-electron chi connectivity index (χ3n) is 1.46. The van der Waals surface area contributed by atoms with Gasteiger partial charge >= 0.3 is 0 Å². The van der Waals surface area contributed by atoms with Gasteiger partial charge in [0.25, 0.3) is 0 Å². The highest BCUT2D eigenvalue weighted by atomic mass is 14.8. The second-order valence-corrected chi connectivity index (χ2v) is 2.32. The molecule has 2 heteroatoms. The van der Waals surface area contributed by atoms with Crippen LogP contribution in [0.4, 0.5) is 0 Å². The Morgan fingerprint density at radius 3 is 1.86 bits per heavy atom. The van der Waals surface area contributed by atoms with E-state index < -0.39 is 0 Å². The minimum Gasteiger partial charge on any atom is -0.324 e. The molecule has 0 saturated carbocycles. The highest BCUT2D eigenvalue weighted by Crippen LogP contribution is 1.85. The molecular formula is C5H14BN. The second kappa shape index (κ2) is 3.08. The van der Waals surface area contributed by atoms with Gasteiger partial charge in [-0.3, -0.25) is 0 Å². The summed E-state index contributed by atoms with van der Waals surface area (Å²) in [6, 6.07) is 0. The van der Waals surface area contributed by atoms with Crippen molar-refractivity contribution in [1.82, 2.24) is 5.32 Å². The van der Waals surface area contributed by atoms with Gasteiger partial charge in [0, 0.05) is 0 Å². The Hall–Kier alpha value is 0.0249. The topological polar surface area (TPSA) is 12.0 Å². The summed E-state index contributed by atoms with van der Waals surface area (Å²) in [6.45, 7) is 7.36. The van der Waals surface area contributed by atoms with Gasteiger partial charge in [0.2, 0.25) is 0 Å². The van der Waals surface area contributed by atoms with E-state index in [1.54, 1.807) is 0 Å². The normalized spacial score (nSPS) is 13.7. The van der Waals surface area contributed by atoms with E-state index in [4.69, 9.17) is 0 Å². The number of hydrogen-bond donors (Lipinski definition) is 1. The molecule has 0 aliphatic rings. The largest absolute Gasteiger partial charge is 0.324 e. The van der Waals surface area contributed by atoms with Gasteiger partial charge in [0.05, 0.1) is 0 Å². The van der Waals surface area contributed by atoms with Gasteiger partial charge in [-0.1, -0.05) is 20.6 Å². The molecule has 0 aliphatic heterocycles. The zero-order valence-corrected chi connectivity index (χ0v) is 5.65. The van der Waals surface area contributed by atoms with E-state index in [9.17, 15) is 0 Å². The molecule has 1 N–H and O–H groups in total. The fourth-order valence-electron chi connectivity index (χ4n) is 0.333. The molecule has 0 spiro atoms. The van der Waals surface area contributed by atoms with Crippen molar-refractivity contribution in [3.05, 3.63) is 0 Å². The minimum absolute atomic E-state index is 0.653. The van der Waals surface area contributed by atoms with Crippen molar-refractivity contribution in [3.63, 3.8) is 0 Å². The molecule has 0 saturated heterocycles. The molecule has 0 aromatic rings. The van der Waals surface area contributed by atoms with Gasteiger partial charge in [-0.25, -0.2) is 0 Å². The summed E-state index contributed by atoms with van der Waals surface area (Å²) in [6.07, 6.45) is 0. The third kappa shape index (κ3) is 2.69. The summed E-state index contributed by atoms with van der Waals surface area (Å²) < 4.78 is 0. The lowest BCUT2D eigenvalue weighted by atomic mass is 9.49. The molecule has 1 unspecified atom stereocenters. The number of nitrogens with one attached hydrogen (secondary N) is 1. The van der Waals surface area contributed by atoms with Crippen molar-refractivity contribution in [1.29, 1.82) is 0 Å². The standard InChI is InChI=1S/C5H14BN/c1-5(7-4)6(2)3/h5,7H,1-4H3. The predicted octanol–water partition coefficient (Wildman–Crippen LogP) is 0.888. The number of rotatable bonds is 2. The minimum atomic E-state index is 0.653. The Labute approximate surface area is 46.6 Å². The van der Waals surface area contributed by atoms with Crippen LogP contribution in [0, 0.1) is 0 Å². The fraction of sp³-hybridized carbons (Fsp3) is 1.00. The first-order valence-corrected chi connectivity index (χ1v) is 2.85. The van der Waals surface area contributed by atoms with Gasteiger partial charge in [-0.05, 0) is 13.0 Å². The van der Waals surface area contributed by atoms with Crippen molar-refractivity contribution in [2.24, 2.45) is 0 Å². The highest BCUT2D eigenvalue weighted by Gasteiger charge is 2.05. The molecule has 0 aromatic carbocycles. The smallest absolute Gasteiger partial charge is 0.153 e. The first-order chi connectivity index (χ1) is 3.18. The summed E-state index contributed by atoms with van der Waals surface area (Å²) in [5, 5.41) is 3.16. The molecule has 0 amide bonds. The van der Waals surface area contributed by atoms with Crippen LogP contribution in [0.1, 0.15) is 6.92 Å². The Morgan fingerprint density at radius 1 is 1.43 bits per heavy atom. The monoisotopic (exact) mass is 99.1 g/mol. The molecule has 0 heterocycles. The summed E-state index contributed by atoms with van der Waals surface area (Å²) in [7, 11) is 1.99. The molecule has 0 aromatic heterocycles. The SMILES string of the molecule is CNC(C)B(C)C. The van der Waals surface area contributed by atoms with E-state index in [0.29, 0.717) is 5.94 Å². The van der Waals surface area contributed by atoms with Crippen LogP contribution in [0.25, 0.3) is 0 Å². The van der Waals surface area contributed by atoms with Gasteiger partial charge in [0.15, 0.2) is 6.71 Å². The van der Waals surface area contributed by atoms with Crippen LogP contribution < -0.4 is 5.32 Å². The number of hydrogen-bond acceptors (Lipinski definition) is 1. The molecule has 1 nitrogen and oxygen atoms in total. The van der Waals surface area contributed by atoms with Gasteiger partial charge in [-0.15, -0.1) is 0 Å². The van der Waals surface area contributed by atoms with Crippen molar-refractivity contribution < 1.29 is 0 Å². The Kier molecular flexibility index (Phi) is 3.09. The van der Waals surface area contributed by atoms with Gasteiger partial charge in [0.1, 0.15) is 0 Å². The highest BCUT2D eigenvalue weighted by molar-refractivity contribution is 6.57. The molecule has 0 bridgehead atoms. The zero-order valence-electron chi connectivity index (χ0n) is 5.65. The third-order valence-corrected chi connectivity index (χ3v) is 1.46. The van der Waals surface area contributed by atoms with Crippen molar-refractivity contribution in [2.45, 2.75) is 26.5 Å². The maximum atomic E-state index is 3.16. The molecule has 1 atom stereocenters. The van der Waals surface area contributed by atoms with E-state index in [-0.39, 0.29) is 0 Å². The molecule has 42 valence electrons. The quantitative estimate of drug-likeness (QED) is 0.507. The van der Waals surface area contributed by atoms with Gasteiger partial charge in [-0.2, -0.15) is 0 Å². The van der Waals surface area contributed by atoms with E-state index in [0.717, 1.165) is 6.71 Å². The first kappa shape index (κ1) is 7.02. The molecule has 0 fully saturated rings. The molecule has 0 rings (SSSR count). The summed E-state index contributed by atoms with van der Waals surface area (Å²) in [4.78, 5) is 0. The lowest BCUT2D eigenvalue weighted by Gasteiger charge is -2.09. The Bertz CT molecular complexity index is 45.3. The van der Waals surface area contributed by atoms with Crippen LogP contribution in [-0.4, -0.2) is 19.7 Å². The predicted molar refractivity (Wildman–Crippen MR) is 36.0 cm³/mol. The fourth-order valence-corrected chi connectivity index (χ4v) is 0.333. The van der Waals surface area contributed by atoms with Crippen LogP contribution in [-0.2, 0) is 0 Å².